The van der Waals surface area contributed by atoms with E-state index in [9.17, 15) is 24.3 Å². The van der Waals surface area contributed by atoms with E-state index in [-0.39, 0.29) is 17.8 Å². The first-order valence-electron chi connectivity index (χ1n) is 11.8. The molecule has 1 heterocycles. The number of aliphatic carboxylic acids is 1. The molecule has 0 aliphatic carbocycles. The summed E-state index contributed by atoms with van der Waals surface area (Å²) in [5.41, 5.74) is 16.5. The van der Waals surface area contributed by atoms with Crippen molar-refractivity contribution in [2.75, 3.05) is 13.1 Å². The van der Waals surface area contributed by atoms with Crippen molar-refractivity contribution in [1.82, 2.24) is 15.5 Å². The Balaban J connectivity index is 2.86. The second kappa shape index (κ2) is 13.7. The topological polar surface area (TPSA) is 206 Å². The molecule has 0 aromatic carbocycles. The molecule has 1 fully saturated rings. The number of hydrogen-bond donors (Lipinski definition) is 6. The van der Waals surface area contributed by atoms with Gasteiger partial charge in [0.25, 0.3) is 0 Å². The number of aliphatic imine (C=N–C) groups is 1. The van der Waals surface area contributed by atoms with Gasteiger partial charge in [-0.15, -0.1) is 0 Å². The smallest absolute Gasteiger partial charge is 0.326 e. The number of carbonyl (C=O) groups excluding carboxylic acids is 3. The van der Waals surface area contributed by atoms with Gasteiger partial charge >= 0.3 is 5.97 Å². The van der Waals surface area contributed by atoms with Crippen molar-refractivity contribution in [1.29, 1.82) is 0 Å². The van der Waals surface area contributed by atoms with E-state index in [0.29, 0.717) is 45.2 Å². The Morgan fingerprint density at radius 1 is 1.09 bits per heavy atom. The molecule has 0 bridgehead atoms. The number of carbonyl (C=O) groups is 4. The molecule has 1 aliphatic heterocycles. The summed E-state index contributed by atoms with van der Waals surface area (Å²) in [4.78, 5) is 55.5. The molecule has 12 nitrogen and oxygen atoms in total. The van der Waals surface area contributed by atoms with E-state index in [0.717, 1.165) is 0 Å². The molecule has 1 rings (SSSR count). The Kier molecular flexibility index (Phi) is 11.8. The Morgan fingerprint density at radius 2 is 1.74 bits per heavy atom. The predicted molar refractivity (Wildman–Crippen MR) is 128 cm³/mol. The van der Waals surface area contributed by atoms with Crippen LogP contribution >= 0.6 is 0 Å². The first kappa shape index (κ1) is 29.1. The quantitative estimate of drug-likeness (QED) is 0.110. The van der Waals surface area contributed by atoms with Crippen LogP contribution in [-0.4, -0.2) is 76.9 Å². The molecule has 0 aromatic rings. The zero-order valence-electron chi connectivity index (χ0n) is 20.6. The molecular formula is C22H41N7O5. The highest BCUT2D eigenvalue weighted by Gasteiger charge is 2.39. The molecule has 0 aromatic heterocycles. The fourth-order valence-corrected chi connectivity index (χ4v) is 3.87. The summed E-state index contributed by atoms with van der Waals surface area (Å²) >= 11 is 0. The fourth-order valence-electron chi connectivity index (χ4n) is 3.87. The van der Waals surface area contributed by atoms with E-state index in [1.165, 1.54) is 4.90 Å². The van der Waals surface area contributed by atoms with E-state index in [4.69, 9.17) is 17.2 Å². The van der Waals surface area contributed by atoms with Gasteiger partial charge in [-0.3, -0.25) is 19.4 Å². The van der Waals surface area contributed by atoms with Gasteiger partial charge in [0.2, 0.25) is 17.7 Å². The third-order valence-corrected chi connectivity index (χ3v) is 5.70. The van der Waals surface area contributed by atoms with Crippen LogP contribution < -0.4 is 27.8 Å². The Labute approximate surface area is 201 Å². The second-order valence-corrected chi connectivity index (χ2v) is 9.50. The number of nitrogens with two attached hydrogens (primary N) is 3. The van der Waals surface area contributed by atoms with E-state index in [1.54, 1.807) is 13.8 Å². The maximum Gasteiger partial charge on any atom is 0.326 e. The van der Waals surface area contributed by atoms with Gasteiger partial charge in [0.15, 0.2) is 5.96 Å². The molecule has 4 unspecified atom stereocenters. The molecule has 0 radical (unpaired) electrons. The maximum atomic E-state index is 13.1. The van der Waals surface area contributed by atoms with Crippen LogP contribution in [0.15, 0.2) is 4.99 Å². The standard InChI is InChI=1S/C22H41N7O5/c1-12(2)11-15(27-18(30)14(23)7-5-9-26-22(24)25)19(31)28-17(13(3)4)20(32)29-10-6-8-16(29)21(33)34/h12-17H,5-11,23H2,1-4H3,(H,27,30)(H,28,31)(H,33,34)(H4,24,25,26). The van der Waals surface area contributed by atoms with Gasteiger partial charge in [-0.05, 0) is 43.9 Å². The van der Waals surface area contributed by atoms with E-state index in [2.05, 4.69) is 15.6 Å². The summed E-state index contributed by atoms with van der Waals surface area (Å²) in [5, 5.41) is 14.9. The van der Waals surface area contributed by atoms with Crippen molar-refractivity contribution >= 4 is 29.7 Å². The number of nitrogens with one attached hydrogen (secondary N) is 2. The number of likely N-dealkylation sites (tertiary alicyclic amines) is 1. The number of hydrogen-bond acceptors (Lipinski definition) is 6. The number of rotatable bonds is 13. The summed E-state index contributed by atoms with van der Waals surface area (Å²) in [6, 6.07) is -3.54. The third kappa shape index (κ3) is 9.16. The fraction of sp³-hybridized carbons (Fsp3) is 0.773. The van der Waals surface area contributed by atoms with Crippen molar-refractivity contribution in [2.24, 2.45) is 34.0 Å². The molecule has 3 amide bonds. The summed E-state index contributed by atoms with van der Waals surface area (Å²) in [7, 11) is 0. The number of nitrogens with zero attached hydrogens (tertiary/aromatic N) is 2. The van der Waals surface area contributed by atoms with E-state index >= 15 is 0 Å². The lowest BCUT2D eigenvalue weighted by molar-refractivity contribution is -0.150. The predicted octanol–water partition coefficient (Wildman–Crippen LogP) is -0.885. The summed E-state index contributed by atoms with van der Waals surface area (Å²) in [6.45, 7) is 8.04. The SMILES string of the molecule is CC(C)CC(NC(=O)C(N)CCCN=C(N)N)C(=O)NC(C(=O)N1CCCC1C(=O)O)C(C)C. The van der Waals surface area contributed by atoms with Gasteiger partial charge in [-0.25, -0.2) is 4.79 Å². The molecule has 9 N–H and O–H groups in total. The van der Waals surface area contributed by atoms with Gasteiger partial charge in [0.05, 0.1) is 6.04 Å². The lowest BCUT2D eigenvalue weighted by Gasteiger charge is -2.31. The molecule has 0 spiro atoms. The van der Waals surface area contributed by atoms with Crippen LogP contribution in [0.5, 0.6) is 0 Å². The number of guanidine groups is 1. The highest BCUT2D eigenvalue weighted by molar-refractivity contribution is 5.94. The van der Waals surface area contributed by atoms with E-state index < -0.39 is 47.9 Å². The van der Waals surface area contributed by atoms with Crippen LogP contribution in [0.4, 0.5) is 0 Å². The summed E-state index contributed by atoms with van der Waals surface area (Å²) in [6.07, 6.45) is 2.15. The number of carboxylic acid groups (broad SMARTS) is 1. The van der Waals surface area contributed by atoms with Crippen LogP contribution in [0, 0.1) is 11.8 Å². The Bertz CT molecular complexity index is 752. The molecule has 0 saturated carbocycles. The summed E-state index contributed by atoms with van der Waals surface area (Å²) < 4.78 is 0. The van der Waals surface area contributed by atoms with Crippen LogP contribution in [-0.2, 0) is 19.2 Å². The van der Waals surface area contributed by atoms with Crippen molar-refractivity contribution in [3.05, 3.63) is 0 Å². The monoisotopic (exact) mass is 483 g/mol. The Morgan fingerprint density at radius 3 is 2.26 bits per heavy atom. The van der Waals surface area contributed by atoms with Crippen LogP contribution in [0.1, 0.15) is 59.8 Å². The van der Waals surface area contributed by atoms with Gasteiger partial charge in [-0.1, -0.05) is 27.7 Å². The van der Waals surface area contributed by atoms with Gasteiger partial charge < -0.3 is 37.8 Å². The third-order valence-electron chi connectivity index (χ3n) is 5.70. The first-order chi connectivity index (χ1) is 15.8. The molecule has 194 valence electrons. The van der Waals surface area contributed by atoms with Crippen molar-refractivity contribution in [3.63, 3.8) is 0 Å². The van der Waals surface area contributed by atoms with E-state index in [1.807, 2.05) is 13.8 Å². The minimum Gasteiger partial charge on any atom is -0.480 e. The number of carboxylic acids is 1. The molecule has 34 heavy (non-hydrogen) atoms. The normalized spacial score (nSPS) is 18.3. The van der Waals surface area contributed by atoms with Crippen LogP contribution in [0.2, 0.25) is 0 Å². The van der Waals surface area contributed by atoms with Gasteiger partial charge in [0.1, 0.15) is 18.1 Å². The highest BCUT2D eigenvalue weighted by atomic mass is 16.4. The molecule has 1 aliphatic rings. The van der Waals surface area contributed by atoms with Gasteiger partial charge in [0, 0.05) is 13.1 Å². The average Bonchev–Trinajstić information content (AvgIpc) is 3.23. The lowest BCUT2D eigenvalue weighted by Crippen LogP contribution is -2.58. The lowest BCUT2D eigenvalue weighted by atomic mass is 9.99. The van der Waals surface area contributed by atoms with Crippen molar-refractivity contribution in [3.8, 4) is 0 Å². The van der Waals surface area contributed by atoms with Crippen molar-refractivity contribution < 1.29 is 24.3 Å². The number of amides is 3. The molecule has 1 saturated heterocycles. The molecule has 4 atom stereocenters. The van der Waals surface area contributed by atoms with Crippen LogP contribution in [0.25, 0.3) is 0 Å². The first-order valence-corrected chi connectivity index (χ1v) is 11.8. The zero-order valence-corrected chi connectivity index (χ0v) is 20.6. The highest BCUT2D eigenvalue weighted by Crippen LogP contribution is 2.20. The minimum atomic E-state index is -1.06. The minimum absolute atomic E-state index is 0.0375. The Hall–Kier alpha value is -2.89. The largest absolute Gasteiger partial charge is 0.480 e. The van der Waals surface area contributed by atoms with Crippen LogP contribution in [0.3, 0.4) is 0 Å². The maximum absolute atomic E-state index is 13.1. The molecule has 12 heteroatoms. The second-order valence-electron chi connectivity index (χ2n) is 9.50. The zero-order chi connectivity index (χ0) is 26.0. The van der Waals surface area contributed by atoms with Gasteiger partial charge in [-0.2, -0.15) is 0 Å². The average molecular weight is 484 g/mol. The van der Waals surface area contributed by atoms with Crippen molar-refractivity contribution in [2.45, 2.75) is 84.0 Å². The molecular weight excluding hydrogens is 442 g/mol. The summed E-state index contributed by atoms with van der Waals surface area (Å²) in [5.74, 6) is -2.71.